The maximum atomic E-state index is 12.1. The molecule has 1 heterocycles. The zero-order chi connectivity index (χ0) is 18.2. The third kappa shape index (κ3) is 4.95. The van der Waals surface area contributed by atoms with Crippen LogP contribution in [0.2, 0.25) is 0 Å². The number of carbonyl (C=O) groups is 1. The number of nitrogens with one attached hydrogen (secondary N) is 1. The molecule has 25 heavy (non-hydrogen) atoms. The first kappa shape index (κ1) is 18.8. The van der Waals surface area contributed by atoms with Crippen LogP contribution in [0.1, 0.15) is 17.5 Å². The summed E-state index contributed by atoms with van der Waals surface area (Å²) in [4.78, 5) is 14.1. The number of benzene rings is 1. The van der Waals surface area contributed by atoms with Crippen LogP contribution >= 0.6 is 11.3 Å². The van der Waals surface area contributed by atoms with Gasteiger partial charge in [-0.25, -0.2) is 0 Å². The fourth-order valence-corrected chi connectivity index (χ4v) is 3.18. The summed E-state index contributed by atoms with van der Waals surface area (Å²) in [6.07, 6.45) is 0.339. The summed E-state index contributed by atoms with van der Waals surface area (Å²) in [6.45, 7) is 1.22. The lowest BCUT2D eigenvalue weighted by Crippen LogP contribution is -2.24. The minimum atomic E-state index is -0.108. The van der Waals surface area contributed by atoms with Gasteiger partial charge >= 0.3 is 0 Å². The van der Waals surface area contributed by atoms with Crippen LogP contribution in [0.5, 0.6) is 11.5 Å². The molecule has 0 unspecified atom stereocenters. The van der Waals surface area contributed by atoms with E-state index in [1.54, 1.807) is 25.7 Å². The Hall–Kier alpha value is -2.56. The average Bonchev–Trinajstić information content (AvgIpc) is 3.06. The number of nitrogens with zero attached hydrogens (tertiary/aromatic N) is 2. The van der Waals surface area contributed by atoms with Crippen molar-refractivity contribution < 1.29 is 14.3 Å². The number of anilines is 1. The highest BCUT2D eigenvalue weighted by molar-refractivity contribution is 7.14. The summed E-state index contributed by atoms with van der Waals surface area (Å²) in [6, 6.07) is 9.50. The molecule has 1 aromatic carbocycles. The number of ether oxygens (including phenoxy) is 2. The van der Waals surface area contributed by atoms with E-state index in [0.717, 1.165) is 5.56 Å². The second-order valence-corrected chi connectivity index (χ2v) is 6.38. The number of rotatable bonds is 8. The smallest absolute Gasteiger partial charge is 0.226 e. The molecule has 0 aliphatic carbocycles. The maximum Gasteiger partial charge on any atom is 0.226 e. The van der Waals surface area contributed by atoms with E-state index < -0.39 is 0 Å². The number of para-hydroxylation sites is 1. The van der Waals surface area contributed by atoms with Crippen molar-refractivity contribution in [1.82, 2.24) is 4.90 Å². The Kier molecular flexibility index (Phi) is 6.81. The molecule has 0 saturated heterocycles. The summed E-state index contributed by atoms with van der Waals surface area (Å²) in [5.74, 6) is 1.29. The third-order valence-electron chi connectivity index (χ3n) is 3.68. The summed E-state index contributed by atoms with van der Waals surface area (Å²) in [7, 11) is 5.16. The molecule has 7 heteroatoms. The van der Waals surface area contributed by atoms with Crippen LogP contribution in [0, 0.1) is 11.3 Å². The van der Waals surface area contributed by atoms with Gasteiger partial charge in [0.05, 0.1) is 19.8 Å². The Morgan fingerprint density at radius 3 is 2.80 bits per heavy atom. The van der Waals surface area contributed by atoms with E-state index in [2.05, 4.69) is 11.4 Å². The van der Waals surface area contributed by atoms with Crippen LogP contribution in [-0.4, -0.2) is 38.6 Å². The van der Waals surface area contributed by atoms with Gasteiger partial charge in [-0.15, -0.1) is 11.3 Å². The molecule has 0 saturated carbocycles. The van der Waals surface area contributed by atoms with Crippen molar-refractivity contribution in [3.05, 3.63) is 40.8 Å². The van der Waals surface area contributed by atoms with Crippen molar-refractivity contribution in [3.8, 4) is 17.6 Å². The maximum absolute atomic E-state index is 12.1. The standard InChI is InChI=1S/C18H21N3O3S/c1-21(12-14-5-4-6-15(23-2)17(14)24-3)9-7-16(22)20-18-13(11-19)8-10-25-18/h4-6,8,10H,7,9,12H2,1-3H3,(H,20,22). The molecule has 2 rings (SSSR count). The molecule has 6 nitrogen and oxygen atoms in total. The quantitative estimate of drug-likeness (QED) is 0.784. The van der Waals surface area contributed by atoms with Crippen molar-refractivity contribution in [1.29, 1.82) is 5.26 Å². The predicted molar refractivity (Wildman–Crippen MR) is 98.2 cm³/mol. The molecule has 132 valence electrons. The minimum absolute atomic E-state index is 0.108. The predicted octanol–water partition coefficient (Wildman–Crippen LogP) is 3.10. The van der Waals surface area contributed by atoms with Gasteiger partial charge in [0.1, 0.15) is 11.1 Å². The molecule has 1 amide bonds. The molecule has 2 aromatic rings. The van der Waals surface area contributed by atoms with E-state index in [0.29, 0.717) is 41.6 Å². The van der Waals surface area contributed by atoms with Gasteiger partial charge in [-0.05, 0) is 24.6 Å². The van der Waals surface area contributed by atoms with Gasteiger partial charge in [0.25, 0.3) is 0 Å². The number of thiophene rings is 1. The summed E-state index contributed by atoms with van der Waals surface area (Å²) >= 11 is 1.35. The third-order valence-corrected chi connectivity index (χ3v) is 4.51. The first-order valence-corrected chi connectivity index (χ1v) is 8.62. The van der Waals surface area contributed by atoms with Crippen molar-refractivity contribution in [2.45, 2.75) is 13.0 Å². The second-order valence-electron chi connectivity index (χ2n) is 5.46. The molecular weight excluding hydrogens is 338 g/mol. The molecule has 0 radical (unpaired) electrons. The Balaban J connectivity index is 1.90. The number of hydrogen-bond acceptors (Lipinski definition) is 6. The normalized spacial score (nSPS) is 10.4. The van der Waals surface area contributed by atoms with Crippen molar-refractivity contribution in [2.75, 3.05) is 33.1 Å². The van der Waals surface area contributed by atoms with Crippen LogP contribution in [-0.2, 0) is 11.3 Å². The lowest BCUT2D eigenvalue weighted by Gasteiger charge is -2.19. The molecule has 0 spiro atoms. The molecule has 0 bridgehead atoms. The van der Waals surface area contributed by atoms with Gasteiger partial charge in [0.15, 0.2) is 11.5 Å². The van der Waals surface area contributed by atoms with E-state index in [1.807, 2.05) is 30.1 Å². The number of nitriles is 1. The molecule has 0 aliphatic heterocycles. The highest BCUT2D eigenvalue weighted by atomic mass is 32.1. The lowest BCUT2D eigenvalue weighted by atomic mass is 10.1. The molecule has 0 fully saturated rings. The second kappa shape index (κ2) is 9.06. The lowest BCUT2D eigenvalue weighted by molar-refractivity contribution is -0.116. The monoisotopic (exact) mass is 359 g/mol. The number of methoxy groups -OCH3 is 2. The van der Waals surface area contributed by atoms with Crippen molar-refractivity contribution in [3.63, 3.8) is 0 Å². The van der Waals surface area contributed by atoms with Gasteiger partial charge in [-0.3, -0.25) is 4.79 Å². The molecule has 1 N–H and O–H groups in total. The van der Waals surface area contributed by atoms with Crippen molar-refractivity contribution in [2.24, 2.45) is 0 Å². The molecular formula is C18H21N3O3S. The fourth-order valence-electron chi connectivity index (χ4n) is 2.42. The number of carbonyl (C=O) groups excluding carboxylic acids is 1. The van der Waals surface area contributed by atoms with Gasteiger partial charge in [-0.1, -0.05) is 12.1 Å². The first-order valence-electron chi connectivity index (χ1n) is 7.75. The van der Waals surface area contributed by atoms with Gasteiger partial charge < -0.3 is 19.7 Å². The van der Waals surface area contributed by atoms with Crippen molar-refractivity contribution >= 4 is 22.2 Å². The SMILES string of the molecule is COc1cccc(CN(C)CCC(=O)Nc2sccc2C#N)c1OC. The summed E-state index contributed by atoms with van der Waals surface area (Å²) in [5, 5.41) is 14.1. The average molecular weight is 359 g/mol. The highest BCUT2D eigenvalue weighted by Crippen LogP contribution is 2.31. The minimum Gasteiger partial charge on any atom is -0.493 e. The largest absolute Gasteiger partial charge is 0.493 e. The van der Waals surface area contributed by atoms with E-state index in [4.69, 9.17) is 14.7 Å². The summed E-state index contributed by atoms with van der Waals surface area (Å²) < 4.78 is 10.7. The van der Waals surface area contributed by atoms with E-state index >= 15 is 0 Å². The Bertz CT molecular complexity index is 767. The number of hydrogen-bond donors (Lipinski definition) is 1. The van der Waals surface area contributed by atoms with Crippen LogP contribution in [0.15, 0.2) is 29.6 Å². The highest BCUT2D eigenvalue weighted by Gasteiger charge is 2.13. The first-order chi connectivity index (χ1) is 12.1. The van der Waals surface area contributed by atoms with E-state index in [-0.39, 0.29) is 5.91 Å². The molecule has 1 aromatic heterocycles. The molecule has 0 atom stereocenters. The van der Waals surface area contributed by atoms with E-state index in [9.17, 15) is 4.79 Å². The van der Waals surface area contributed by atoms with Crippen LogP contribution in [0.3, 0.4) is 0 Å². The number of amides is 1. The van der Waals surface area contributed by atoms with Gasteiger partial charge in [-0.2, -0.15) is 5.26 Å². The Morgan fingerprint density at radius 1 is 1.32 bits per heavy atom. The van der Waals surface area contributed by atoms with Crippen LogP contribution in [0.4, 0.5) is 5.00 Å². The van der Waals surface area contributed by atoms with Gasteiger partial charge in [0, 0.05) is 25.1 Å². The Morgan fingerprint density at radius 2 is 2.12 bits per heavy atom. The zero-order valence-corrected chi connectivity index (χ0v) is 15.4. The van der Waals surface area contributed by atoms with E-state index in [1.165, 1.54) is 11.3 Å². The Labute approximate surface area is 151 Å². The van der Waals surface area contributed by atoms with Crippen LogP contribution < -0.4 is 14.8 Å². The van der Waals surface area contributed by atoms with Crippen LogP contribution in [0.25, 0.3) is 0 Å². The summed E-state index contributed by atoms with van der Waals surface area (Å²) in [5.41, 5.74) is 1.49. The molecule has 0 aliphatic rings. The van der Waals surface area contributed by atoms with Gasteiger partial charge in [0.2, 0.25) is 5.91 Å². The topological polar surface area (TPSA) is 74.6 Å². The fraction of sp³-hybridized carbons (Fsp3) is 0.333. The zero-order valence-electron chi connectivity index (χ0n) is 14.5.